The number of phenols is 6. The lowest BCUT2D eigenvalue weighted by molar-refractivity contribution is 0.413. The predicted molar refractivity (Wildman–Crippen MR) is 65.7 cm³/mol. The molecule has 2 aromatic rings. The lowest BCUT2D eigenvalue weighted by Gasteiger charge is -2.11. The highest BCUT2D eigenvalue weighted by atomic mass is 16.3. The van der Waals surface area contributed by atoms with E-state index in [1.165, 1.54) is 0 Å². The second kappa shape index (κ2) is 4.49. The van der Waals surface area contributed by atoms with Crippen LogP contribution in [0.1, 0.15) is 11.1 Å². The summed E-state index contributed by atoms with van der Waals surface area (Å²) in [5.41, 5.74) is 0.0724. The molecule has 0 bridgehead atoms. The Morgan fingerprint density at radius 3 is 1.05 bits per heavy atom. The van der Waals surface area contributed by atoms with Crippen LogP contribution in [-0.4, -0.2) is 30.6 Å². The Morgan fingerprint density at radius 2 is 0.789 bits per heavy atom. The van der Waals surface area contributed by atoms with Crippen molar-refractivity contribution in [2.75, 3.05) is 0 Å². The smallest absolute Gasteiger partial charge is 0.126 e. The van der Waals surface area contributed by atoms with Gasteiger partial charge in [0.15, 0.2) is 0 Å². The van der Waals surface area contributed by atoms with E-state index in [2.05, 4.69) is 0 Å². The highest BCUT2D eigenvalue weighted by Gasteiger charge is 2.16. The normalized spacial score (nSPS) is 10.5. The van der Waals surface area contributed by atoms with Crippen LogP contribution in [0.2, 0.25) is 0 Å². The van der Waals surface area contributed by atoms with Gasteiger partial charge in [0.25, 0.3) is 0 Å². The fraction of sp³-hybridized carbons (Fsp3) is 0.0769. The molecule has 19 heavy (non-hydrogen) atoms. The number of phenolic OH excluding ortho intramolecular Hbond substituents is 6. The van der Waals surface area contributed by atoms with Crippen molar-refractivity contribution in [2.24, 2.45) is 0 Å². The van der Waals surface area contributed by atoms with Crippen LogP contribution in [0.25, 0.3) is 0 Å². The maximum atomic E-state index is 9.64. The Bertz CT molecular complexity index is 534. The largest absolute Gasteiger partial charge is 0.508 e. The van der Waals surface area contributed by atoms with Gasteiger partial charge in [-0.2, -0.15) is 0 Å². The van der Waals surface area contributed by atoms with Crippen molar-refractivity contribution in [3.8, 4) is 34.5 Å². The van der Waals surface area contributed by atoms with Crippen LogP contribution in [-0.2, 0) is 6.42 Å². The van der Waals surface area contributed by atoms with Gasteiger partial charge in [-0.15, -0.1) is 0 Å². The minimum absolute atomic E-state index is 0.0362. The molecule has 2 aromatic carbocycles. The zero-order chi connectivity index (χ0) is 14.2. The Morgan fingerprint density at radius 1 is 0.526 bits per heavy atom. The van der Waals surface area contributed by atoms with Crippen LogP contribution >= 0.6 is 0 Å². The molecule has 0 amide bonds. The van der Waals surface area contributed by atoms with E-state index >= 15 is 0 Å². The fourth-order valence-electron chi connectivity index (χ4n) is 1.79. The predicted octanol–water partition coefficient (Wildman–Crippen LogP) is 1.51. The van der Waals surface area contributed by atoms with E-state index in [1.54, 1.807) is 0 Å². The van der Waals surface area contributed by atoms with E-state index in [0.29, 0.717) is 0 Å². The molecular weight excluding hydrogens is 252 g/mol. The first kappa shape index (κ1) is 12.7. The van der Waals surface area contributed by atoms with Crippen LogP contribution in [0.4, 0.5) is 0 Å². The molecule has 2 rings (SSSR count). The van der Waals surface area contributed by atoms with Crippen molar-refractivity contribution in [1.82, 2.24) is 0 Å². The van der Waals surface area contributed by atoms with Gasteiger partial charge in [-0.25, -0.2) is 0 Å². The van der Waals surface area contributed by atoms with E-state index in [1.807, 2.05) is 0 Å². The maximum absolute atomic E-state index is 9.64. The Balaban J connectivity index is 2.48. The van der Waals surface area contributed by atoms with E-state index in [-0.39, 0.29) is 52.0 Å². The van der Waals surface area contributed by atoms with Crippen LogP contribution in [0, 0.1) is 0 Å². The van der Waals surface area contributed by atoms with Crippen LogP contribution in [0.3, 0.4) is 0 Å². The molecule has 0 heterocycles. The van der Waals surface area contributed by atoms with Crippen LogP contribution in [0.5, 0.6) is 34.5 Å². The number of benzene rings is 2. The summed E-state index contributed by atoms with van der Waals surface area (Å²) in [6.07, 6.45) is -0.171. The van der Waals surface area contributed by atoms with Crippen molar-refractivity contribution in [2.45, 2.75) is 6.42 Å². The Labute approximate surface area is 108 Å². The average molecular weight is 264 g/mol. The van der Waals surface area contributed by atoms with Crippen molar-refractivity contribution in [1.29, 1.82) is 0 Å². The topological polar surface area (TPSA) is 121 Å². The third-order valence-corrected chi connectivity index (χ3v) is 2.73. The first-order valence-electron chi connectivity index (χ1n) is 5.36. The third kappa shape index (κ3) is 2.42. The van der Waals surface area contributed by atoms with E-state index < -0.39 is 0 Å². The lowest BCUT2D eigenvalue weighted by Crippen LogP contribution is -1.92. The highest BCUT2D eigenvalue weighted by Crippen LogP contribution is 2.39. The van der Waals surface area contributed by atoms with Gasteiger partial charge in [-0.05, 0) is 0 Å². The van der Waals surface area contributed by atoms with Gasteiger partial charge in [0.05, 0.1) is 0 Å². The summed E-state index contributed by atoms with van der Waals surface area (Å²) in [6, 6.07) is 4.13. The second-order valence-electron chi connectivity index (χ2n) is 4.10. The monoisotopic (exact) mass is 264 g/mol. The van der Waals surface area contributed by atoms with E-state index in [0.717, 1.165) is 24.3 Å². The van der Waals surface area contributed by atoms with Gasteiger partial charge in [-0.1, -0.05) is 0 Å². The molecule has 0 aliphatic rings. The van der Waals surface area contributed by atoms with Gasteiger partial charge >= 0.3 is 0 Å². The van der Waals surface area contributed by atoms with Crippen LogP contribution in [0.15, 0.2) is 24.3 Å². The zero-order valence-corrected chi connectivity index (χ0v) is 9.70. The molecule has 0 saturated carbocycles. The van der Waals surface area contributed by atoms with E-state index in [9.17, 15) is 30.6 Å². The van der Waals surface area contributed by atoms with Gasteiger partial charge in [0, 0.05) is 41.8 Å². The summed E-state index contributed by atoms with van der Waals surface area (Å²) >= 11 is 0. The SMILES string of the molecule is Oc1cc(O)c(Cc2c(O)cc(O)cc2O)c(O)c1. The van der Waals surface area contributed by atoms with Crippen molar-refractivity contribution in [3.05, 3.63) is 35.4 Å². The summed E-state index contributed by atoms with van der Waals surface area (Å²) in [7, 11) is 0. The molecule has 0 saturated heterocycles. The number of rotatable bonds is 2. The molecule has 0 aliphatic carbocycles. The highest BCUT2D eigenvalue weighted by molar-refractivity contribution is 5.56. The number of aromatic hydroxyl groups is 6. The van der Waals surface area contributed by atoms with Crippen molar-refractivity contribution < 1.29 is 30.6 Å². The van der Waals surface area contributed by atoms with Gasteiger partial charge in [-0.3, -0.25) is 0 Å². The number of hydrogen-bond acceptors (Lipinski definition) is 6. The first-order valence-corrected chi connectivity index (χ1v) is 5.36. The lowest BCUT2D eigenvalue weighted by atomic mass is 10.0. The van der Waals surface area contributed by atoms with Crippen molar-refractivity contribution >= 4 is 0 Å². The molecule has 6 heteroatoms. The van der Waals surface area contributed by atoms with Crippen molar-refractivity contribution in [3.63, 3.8) is 0 Å². The Kier molecular flexibility index (Phi) is 3.00. The molecule has 0 atom stereocenters. The quantitative estimate of drug-likeness (QED) is 0.489. The fourth-order valence-corrected chi connectivity index (χ4v) is 1.79. The van der Waals surface area contributed by atoms with Gasteiger partial charge in [0.1, 0.15) is 34.5 Å². The molecule has 6 nitrogen and oxygen atoms in total. The van der Waals surface area contributed by atoms with Gasteiger partial charge in [0.2, 0.25) is 0 Å². The molecule has 6 N–H and O–H groups in total. The summed E-state index contributed by atoms with van der Waals surface area (Å²) in [4.78, 5) is 0. The summed E-state index contributed by atoms with van der Waals surface area (Å²) in [6.45, 7) is 0. The second-order valence-corrected chi connectivity index (χ2v) is 4.10. The first-order chi connectivity index (χ1) is 8.88. The molecule has 0 fully saturated rings. The standard InChI is InChI=1S/C13H12O6/c14-6-1-10(16)8(11(17)2-6)5-9-12(18)3-7(15)4-13(9)19/h1-4,14-19H,5H2. The minimum Gasteiger partial charge on any atom is -0.508 e. The molecule has 100 valence electrons. The molecule has 0 unspecified atom stereocenters. The van der Waals surface area contributed by atoms with Crippen LogP contribution < -0.4 is 0 Å². The minimum atomic E-state index is -0.371. The molecule has 0 aromatic heterocycles. The molecular formula is C13H12O6. The molecule has 0 spiro atoms. The van der Waals surface area contributed by atoms with E-state index in [4.69, 9.17) is 0 Å². The maximum Gasteiger partial charge on any atom is 0.126 e. The number of hydrogen-bond donors (Lipinski definition) is 6. The van der Waals surface area contributed by atoms with Gasteiger partial charge < -0.3 is 30.6 Å². The third-order valence-electron chi connectivity index (χ3n) is 2.73. The molecule has 0 aliphatic heterocycles. The molecule has 0 radical (unpaired) electrons. The average Bonchev–Trinajstić information content (AvgIpc) is 2.25. The summed E-state index contributed by atoms with van der Waals surface area (Å²) in [5, 5.41) is 56.9. The Hall–Kier alpha value is -2.76. The summed E-state index contributed by atoms with van der Waals surface area (Å²) < 4.78 is 0. The zero-order valence-electron chi connectivity index (χ0n) is 9.70. The summed E-state index contributed by atoms with van der Waals surface area (Å²) in [5.74, 6) is -2.10.